The molecule has 3 rings (SSSR count). The van der Waals surface area contributed by atoms with Gasteiger partial charge in [0.2, 0.25) is 0 Å². The lowest BCUT2D eigenvalue weighted by Crippen LogP contribution is -2.35. The highest BCUT2D eigenvalue weighted by molar-refractivity contribution is 5.82. The zero-order valence-corrected chi connectivity index (χ0v) is 11.4. The molecule has 1 aliphatic heterocycles. The molecule has 0 amide bonds. The first-order valence-corrected chi connectivity index (χ1v) is 6.68. The van der Waals surface area contributed by atoms with Crippen molar-refractivity contribution in [1.29, 1.82) is 0 Å². The van der Waals surface area contributed by atoms with Gasteiger partial charge in [0, 0.05) is 12.7 Å². The predicted octanol–water partition coefficient (Wildman–Crippen LogP) is 1.71. The van der Waals surface area contributed by atoms with Crippen LogP contribution in [0.3, 0.4) is 0 Å². The zero-order valence-electron chi connectivity index (χ0n) is 11.4. The van der Waals surface area contributed by atoms with Crippen LogP contribution in [-0.2, 0) is 6.54 Å². The number of alkyl halides is 1. The Morgan fingerprint density at radius 2 is 2.30 bits per heavy atom. The first-order chi connectivity index (χ1) is 9.61. The second-order valence-electron chi connectivity index (χ2n) is 5.28. The number of halogens is 1. The molecule has 0 bridgehead atoms. The van der Waals surface area contributed by atoms with Crippen LogP contribution in [0.5, 0.6) is 5.75 Å². The van der Waals surface area contributed by atoms with Crippen molar-refractivity contribution < 1.29 is 9.13 Å². The van der Waals surface area contributed by atoms with Gasteiger partial charge in [-0.25, -0.2) is 4.39 Å². The van der Waals surface area contributed by atoms with Crippen molar-refractivity contribution in [1.82, 2.24) is 9.88 Å². The lowest BCUT2D eigenvalue weighted by Gasteiger charge is -2.19. The summed E-state index contributed by atoms with van der Waals surface area (Å²) in [5.41, 5.74) is -1.51. The Hall–Kier alpha value is -1.88. The van der Waals surface area contributed by atoms with E-state index in [1.807, 2.05) is 18.2 Å². The molecule has 0 radical (unpaired) electrons. The van der Waals surface area contributed by atoms with Crippen LogP contribution in [0.2, 0.25) is 0 Å². The van der Waals surface area contributed by atoms with Gasteiger partial charge in [0.15, 0.2) is 0 Å². The van der Waals surface area contributed by atoms with E-state index in [0.717, 1.165) is 5.39 Å². The van der Waals surface area contributed by atoms with Crippen molar-refractivity contribution in [3.8, 4) is 5.75 Å². The summed E-state index contributed by atoms with van der Waals surface area (Å²) in [6, 6.07) is 7.18. The van der Waals surface area contributed by atoms with E-state index in [1.54, 1.807) is 19.4 Å². The van der Waals surface area contributed by atoms with Crippen molar-refractivity contribution in [3.63, 3.8) is 0 Å². The van der Waals surface area contributed by atoms with Gasteiger partial charge in [0.25, 0.3) is 5.56 Å². The fourth-order valence-electron chi connectivity index (χ4n) is 2.66. The number of aromatic nitrogens is 1. The van der Waals surface area contributed by atoms with E-state index in [4.69, 9.17) is 4.74 Å². The van der Waals surface area contributed by atoms with E-state index in [0.29, 0.717) is 30.6 Å². The van der Waals surface area contributed by atoms with Gasteiger partial charge in [-0.2, -0.15) is 0 Å². The van der Waals surface area contributed by atoms with Gasteiger partial charge < -0.3 is 14.6 Å². The predicted molar refractivity (Wildman–Crippen MR) is 76.1 cm³/mol. The van der Waals surface area contributed by atoms with E-state index < -0.39 is 5.67 Å². The molecule has 0 spiro atoms. The Bertz CT molecular complexity index is 690. The summed E-state index contributed by atoms with van der Waals surface area (Å²) in [6.45, 7) is 1.05. The Morgan fingerprint density at radius 3 is 3.00 bits per heavy atom. The first kappa shape index (κ1) is 13.1. The standard InChI is InChI=1S/C15H17FN2O2/c1-20-12-3-2-11-4-7-18(14(19)13(11)8-12)10-15(16)5-6-17-9-15/h2-4,7-8,17H,5-6,9-10H2,1H3. The third-order valence-corrected chi connectivity index (χ3v) is 3.83. The van der Waals surface area contributed by atoms with Crippen molar-refractivity contribution in [2.45, 2.75) is 18.6 Å². The molecule has 1 N–H and O–H groups in total. The highest BCUT2D eigenvalue weighted by Gasteiger charge is 2.34. The maximum Gasteiger partial charge on any atom is 0.258 e. The minimum absolute atomic E-state index is 0.0893. The monoisotopic (exact) mass is 276 g/mol. The Balaban J connectivity index is 2.03. The minimum atomic E-state index is -1.34. The molecule has 5 heteroatoms. The highest BCUT2D eigenvalue weighted by Crippen LogP contribution is 2.22. The first-order valence-electron chi connectivity index (χ1n) is 6.68. The summed E-state index contributed by atoms with van der Waals surface area (Å²) in [7, 11) is 1.56. The number of pyridine rings is 1. The van der Waals surface area contributed by atoms with Crippen LogP contribution in [0, 0.1) is 0 Å². The minimum Gasteiger partial charge on any atom is -0.497 e. The second-order valence-corrected chi connectivity index (χ2v) is 5.28. The quantitative estimate of drug-likeness (QED) is 0.928. The number of fused-ring (bicyclic) bond motifs is 1. The lowest BCUT2D eigenvalue weighted by atomic mass is 10.1. The average molecular weight is 276 g/mol. The van der Waals surface area contributed by atoms with Crippen LogP contribution >= 0.6 is 0 Å². The largest absolute Gasteiger partial charge is 0.497 e. The third kappa shape index (κ3) is 2.29. The molecule has 2 aromatic rings. The lowest BCUT2D eigenvalue weighted by molar-refractivity contribution is 0.160. The molecule has 1 aliphatic rings. The van der Waals surface area contributed by atoms with Crippen molar-refractivity contribution in [3.05, 3.63) is 40.8 Å². The molecule has 0 saturated carbocycles. The summed E-state index contributed by atoms with van der Waals surface area (Å²) < 4.78 is 21.1. The molecule has 2 heterocycles. The van der Waals surface area contributed by atoms with Crippen LogP contribution in [-0.4, -0.2) is 30.4 Å². The molecule has 4 nitrogen and oxygen atoms in total. The fraction of sp³-hybridized carbons (Fsp3) is 0.400. The van der Waals surface area contributed by atoms with Crippen LogP contribution < -0.4 is 15.6 Å². The summed E-state index contributed by atoms with van der Waals surface area (Å²) >= 11 is 0. The van der Waals surface area contributed by atoms with Crippen LogP contribution in [0.4, 0.5) is 4.39 Å². The molecule has 1 aromatic carbocycles. The van der Waals surface area contributed by atoms with Gasteiger partial charge >= 0.3 is 0 Å². The summed E-state index contributed by atoms with van der Waals surface area (Å²) in [5, 5.41) is 4.39. The number of ether oxygens (including phenoxy) is 1. The molecule has 1 atom stereocenters. The number of rotatable bonds is 3. The molecule has 20 heavy (non-hydrogen) atoms. The normalized spacial score (nSPS) is 22.3. The van der Waals surface area contributed by atoms with E-state index in [1.165, 1.54) is 4.57 Å². The molecule has 106 valence electrons. The Morgan fingerprint density at radius 1 is 1.45 bits per heavy atom. The smallest absolute Gasteiger partial charge is 0.258 e. The van der Waals surface area contributed by atoms with E-state index in [2.05, 4.69) is 5.32 Å². The number of hydrogen-bond donors (Lipinski definition) is 1. The van der Waals surface area contributed by atoms with Crippen LogP contribution in [0.15, 0.2) is 35.3 Å². The van der Waals surface area contributed by atoms with Crippen LogP contribution in [0.1, 0.15) is 6.42 Å². The molecule has 1 fully saturated rings. The van der Waals surface area contributed by atoms with Gasteiger partial charge in [-0.15, -0.1) is 0 Å². The van der Waals surface area contributed by atoms with Gasteiger partial charge in [-0.05, 0) is 36.6 Å². The summed E-state index contributed by atoms with van der Waals surface area (Å²) in [5.74, 6) is 0.629. The summed E-state index contributed by atoms with van der Waals surface area (Å²) in [6.07, 6.45) is 2.10. The van der Waals surface area contributed by atoms with Gasteiger partial charge in [0.05, 0.1) is 19.0 Å². The highest BCUT2D eigenvalue weighted by atomic mass is 19.1. The van der Waals surface area contributed by atoms with E-state index >= 15 is 0 Å². The fourth-order valence-corrected chi connectivity index (χ4v) is 2.66. The molecule has 0 aliphatic carbocycles. The zero-order chi connectivity index (χ0) is 14.2. The number of hydrogen-bond acceptors (Lipinski definition) is 3. The van der Waals surface area contributed by atoms with Gasteiger partial charge in [0.1, 0.15) is 11.4 Å². The molecule has 1 unspecified atom stereocenters. The molecule has 1 saturated heterocycles. The SMILES string of the molecule is COc1ccc2ccn(CC3(F)CCNC3)c(=O)c2c1. The van der Waals surface area contributed by atoms with E-state index in [-0.39, 0.29) is 12.1 Å². The Labute approximate surface area is 116 Å². The summed E-state index contributed by atoms with van der Waals surface area (Å²) in [4.78, 5) is 12.4. The van der Waals surface area contributed by atoms with Gasteiger partial charge in [-0.1, -0.05) is 6.07 Å². The third-order valence-electron chi connectivity index (χ3n) is 3.83. The van der Waals surface area contributed by atoms with Crippen molar-refractivity contribution in [2.75, 3.05) is 20.2 Å². The molecular weight excluding hydrogens is 259 g/mol. The van der Waals surface area contributed by atoms with E-state index in [9.17, 15) is 9.18 Å². The average Bonchev–Trinajstić information content (AvgIpc) is 2.88. The van der Waals surface area contributed by atoms with Crippen molar-refractivity contribution >= 4 is 10.8 Å². The number of nitrogens with one attached hydrogen (secondary N) is 1. The Kier molecular flexibility index (Phi) is 3.22. The molecule has 1 aromatic heterocycles. The maximum atomic E-state index is 14.5. The van der Waals surface area contributed by atoms with Gasteiger partial charge in [-0.3, -0.25) is 4.79 Å². The topological polar surface area (TPSA) is 43.3 Å². The number of methoxy groups -OCH3 is 1. The second kappa shape index (κ2) is 4.90. The molecular formula is C15H17FN2O2. The van der Waals surface area contributed by atoms with Crippen molar-refractivity contribution in [2.24, 2.45) is 0 Å². The number of nitrogens with zero attached hydrogens (tertiary/aromatic N) is 1. The number of benzene rings is 1. The van der Waals surface area contributed by atoms with Crippen LogP contribution in [0.25, 0.3) is 10.8 Å². The maximum absolute atomic E-state index is 14.5.